The predicted octanol–water partition coefficient (Wildman–Crippen LogP) is 4.51. The molecular formula is C24H23F3N6O. The van der Waals surface area contributed by atoms with E-state index in [4.69, 9.17) is 0 Å². The zero-order chi connectivity index (χ0) is 23.7. The Labute approximate surface area is 194 Å². The summed E-state index contributed by atoms with van der Waals surface area (Å²) in [4.78, 5) is 25.8. The number of rotatable bonds is 3. The Balaban J connectivity index is 1.36. The summed E-state index contributed by atoms with van der Waals surface area (Å²) in [5, 5.41) is 6.13. The number of pyridine rings is 2. The first kappa shape index (κ1) is 22.1. The van der Waals surface area contributed by atoms with E-state index in [0.29, 0.717) is 42.5 Å². The van der Waals surface area contributed by atoms with Gasteiger partial charge in [-0.05, 0) is 55.3 Å². The smallest absolute Gasteiger partial charge is 0.344 e. The van der Waals surface area contributed by atoms with E-state index in [9.17, 15) is 18.0 Å². The van der Waals surface area contributed by atoms with Gasteiger partial charge in [0.1, 0.15) is 17.5 Å². The van der Waals surface area contributed by atoms with Crippen LogP contribution in [0.25, 0.3) is 11.3 Å². The molecule has 2 amide bonds. The van der Waals surface area contributed by atoms with Crippen LogP contribution < -0.4 is 20.4 Å². The van der Waals surface area contributed by atoms with Gasteiger partial charge in [0, 0.05) is 18.7 Å². The maximum atomic E-state index is 13.1. The predicted molar refractivity (Wildman–Crippen MR) is 124 cm³/mol. The fraction of sp³-hybridized carbons (Fsp3) is 0.292. The molecule has 5 rings (SSSR count). The molecule has 7 nitrogen and oxygen atoms in total. The second-order valence-electron chi connectivity index (χ2n) is 8.25. The molecule has 1 aromatic carbocycles. The van der Waals surface area contributed by atoms with Crippen LogP contribution in [0.4, 0.5) is 35.4 Å². The number of hydrogen-bond acceptors (Lipinski definition) is 5. The molecule has 0 radical (unpaired) electrons. The van der Waals surface area contributed by atoms with Gasteiger partial charge >= 0.3 is 12.2 Å². The van der Waals surface area contributed by atoms with Gasteiger partial charge in [-0.15, -0.1) is 0 Å². The summed E-state index contributed by atoms with van der Waals surface area (Å²) in [6.45, 7) is 2.98. The molecule has 1 fully saturated rings. The van der Waals surface area contributed by atoms with Crippen LogP contribution in [-0.2, 0) is 12.6 Å². The van der Waals surface area contributed by atoms with Crippen molar-refractivity contribution in [2.24, 2.45) is 0 Å². The monoisotopic (exact) mass is 468 g/mol. The zero-order valence-electron chi connectivity index (χ0n) is 18.3. The van der Waals surface area contributed by atoms with E-state index in [1.807, 2.05) is 18.2 Å². The van der Waals surface area contributed by atoms with Crippen molar-refractivity contribution >= 4 is 23.5 Å². The summed E-state index contributed by atoms with van der Waals surface area (Å²) in [6.07, 6.45) is -2.81. The summed E-state index contributed by atoms with van der Waals surface area (Å²) in [5.41, 5.74) is 0.848. The topological polar surface area (TPSA) is 73.4 Å². The van der Waals surface area contributed by atoms with Crippen LogP contribution in [0.5, 0.6) is 0 Å². The second kappa shape index (κ2) is 8.94. The summed E-state index contributed by atoms with van der Waals surface area (Å²) in [5.74, 6) is 1.65. The van der Waals surface area contributed by atoms with E-state index in [1.165, 1.54) is 11.0 Å². The number of alkyl halides is 3. The number of hydrogen-bond donors (Lipinski definition) is 2. The Morgan fingerprint density at radius 3 is 2.68 bits per heavy atom. The van der Waals surface area contributed by atoms with Gasteiger partial charge in [-0.3, -0.25) is 15.5 Å². The van der Waals surface area contributed by atoms with Crippen LogP contribution >= 0.6 is 0 Å². The Morgan fingerprint density at radius 2 is 1.88 bits per heavy atom. The third-order valence-electron chi connectivity index (χ3n) is 5.92. The van der Waals surface area contributed by atoms with Gasteiger partial charge in [0.2, 0.25) is 0 Å². The lowest BCUT2D eigenvalue weighted by atomic mass is 10.1. The Morgan fingerprint density at radius 1 is 1.03 bits per heavy atom. The van der Waals surface area contributed by atoms with E-state index < -0.39 is 11.7 Å². The molecule has 0 spiro atoms. The number of nitrogens with one attached hydrogen (secondary N) is 2. The van der Waals surface area contributed by atoms with E-state index in [0.717, 1.165) is 43.0 Å². The minimum absolute atomic E-state index is 0.342. The van der Waals surface area contributed by atoms with E-state index in [2.05, 4.69) is 25.5 Å². The lowest BCUT2D eigenvalue weighted by molar-refractivity contribution is -0.137. The maximum absolute atomic E-state index is 13.1. The van der Waals surface area contributed by atoms with Gasteiger partial charge < -0.3 is 4.90 Å². The molecule has 2 N–H and O–H groups in total. The van der Waals surface area contributed by atoms with Crippen molar-refractivity contribution in [3.63, 3.8) is 0 Å². The highest BCUT2D eigenvalue weighted by Gasteiger charge is 2.31. The van der Waals surface area contributed by atoms with Crippen LogP contribution in [0.3, 0.4) is 0 Å². The number of nitrogens with zero attached hydrogens (tertiary/aromatic N) is 4. The van der Waals surface area contributed by atoms with Crippen LogP contribution in [0.2, 0.25) is 0 Å². The standard InChI is InChI=1S/C24H23F3N6O/c25-24(26,27)18-5-1-4-17(14-18)19-9-8-16-10-13-33(22(16)29-19)23(34)31-20-6-2-7-21(30-20)32-12-3-11-28-15-32/h1-2,4-9,14,28H,3,10-13,15H2,(H,30,31,34). The fourth-order valence-corrected chi connectivity index (χ4v) is 4.19. The molecule has 34 heavy (non-hydrogen) atoms. The molecule has 0 saturated carbocycles. The summed E-state index contributed by atoms with van der Waals surface area (Å²) >= 11 is 0. The molecule has 176 valence electrons. The van der Waals surface area contributed by atoms with Gasteiger partial charge in [-0.1, -0.05) is 24.3 Å². The normalized spacial score (nSPS) is 15.9. The Hall–Kier alpha value is -3.66. The fourth-order valence-electron chi connectivity index (χ4n) is 4.19. The number of benzene rings is 1. The molecule has 4 heterocycles. The highest BCUT2D eigenvalue weighted by molar-refractivity contribution is 6.02. The van der Waals surface area contributed by atoms with Gasteiger partial charge in [0.25, 0.3) is 0 Å². The van der Waals surface area contributed by atoms with E-state index in [-0.39, 0.29) is 6.03 Å². The SMILES string of the molecule is O=C(Nc1cccc(N2CCCNC2)n1)N1CCc2ccc(-c3cccc(C(F)(F)F)c3)nc21. The van der Waals surface area contributed by atoms with Crippen molar-refractivity contribution in [1.82, 2.24) is 15.3 Å². The average Bonchev–Trinajstić information content (AvgIpc) is 3.28. The van der Waals surface area contributed by atoms with E-state index in [1.54, 1.807) is 18.2 Å². The van der Waals surface area contributed by atoms with Crippen LogP contribution in [0.15, 0.2) is 54.6 Å². The third kappa shape index (κ3) is 4.54. The highest BCUT2D eigenvalue weighted by Crippen LogP contribution is 2.34. The van der Waals surface area contributed by atoms with Crippen molar-refractivity contribution in [1.29, 1.82) is 0 Å². The molecule has 0 atom stereocenters. The average molecular weight is 468 g/mol. The number of carbonyl (C=O) groups excluding carboxylic acids is 1. The minimum Gasteiger partial charge on any atom is -0.344 e. The lowest BCUT2D eigenvalue weighted by Gasteiger charge is -2.28. The first-order valence-electron chi connectivity index (χ1n) is 11.1. The molecule has 0 unspecified atom stereocenters. The lowest BCUT2D eigenvalue weighted by Crippen LogP contribution is -2.42. The maximum Gasteiger partial charge on any atom is 0.416 e. The van der Waals surface area contributed by atoms with Gasteiger partial charge in [-0.25, -0.2) is 14.8 Å². The number of urea groups is 1. The molecular weight excluding hydrogens is 445 g/mol. The van der Waals surface area contributed by atoms with Crippen molar-refractivity contribution in [2.45, 2.75) is 19.0 Å². The van der Waals surface area contributed by atoms with Gasteiger partial charge in [0.15, 0.2) is 0 Å². The van der Waals surface area contributed by atoms with Crippen LogP contribution in [0.1, 0.15) is 17.5 Å². The van der Waals surface area contributed by atoms with Crippen LogP contribution in [-0.4, -0.2) is 42.3 Å². The third-order valence-corrected chi connectivity index (χ3v) is 5.92. The first-order chi connectivity index (χ1) is 16.4. The van der Waals surface area contributed by atoms with Crippen molar-refractivity contribution < 1.29 is 18.0 Å². The number of fused-ring (bicyclic) bond motifs is 1. The van der Waals surface area contributed by atoms with Gasteiger partial charge in [-0.2, -0.15) is 13.2 Å². The van der Waals surface area contributed by atoms with Crippen molar-refractivity contribution in [3.8, 4) is 11.3 Å². The summed E-state index contributed by atoms with van der Waals surface area (Å²) < 4.78 is 39.4. The minimum atomic E-state index is -4.44. The Kier molecular flexibility index (Phi) is 5.82. The molecule has 0 bridgehead atoms. The molecule has 0 aliphatic carbocycles. The number of amides is 2. The second-order valence-corrected chi connectivity index (χ2v) is 8.25. The quantitative estimate of drug-likeness (QED) is 0.592. The largest absolute Gasteiger partial charge is 0.416 e. The number of carbonyl (C=O) groups is 1. The highest BCUT2D eigenvalue weighted by atomic mass is 19.4. The molecule has 2 aliphatic heterocycles. The van der Waals surface area contributed by atoms with Crippen molar-refractivity contribution in [2.75, 3.05) is 41.4 Å². The summed E-state index contributed by atoms with van der Waals surface area (Å²) in [7, 11) is 0. The molecule has 1 saturated heterocycles. The Bertz CT molecular complexity index is 1210. The van der Waals surface area contributed by atoms with Crippen LogP contribution in [0, 0.1) is 0 Å². The number of halogens is 3. The van der Waals surface area contributed by atoms with Gasteiger partial charge in [0.05, 0.1) is 17.9 Å². The van der Waals surface area contributed by atoms with E-state index >= 15 is 0 Å². The summed E-state index contributed by atoms with van der Waals surface area (Å²) in [6, 6.07) is 13.6. The molecule has 10 heteroatoms. The first-order valence-corrected chi connectivity index (χ1v) is 11.1. The molecule has 2 aromatic heterocycles. The number of anilines is 3. The molecule has 3 aromatic rings. The zero-order valence-corrected chi connectivity index (χ0v) is 18.3. The number of aromatic nitrogens is 2. The van der Waals surface area contributed by atoms with Crippen molar-refractivity contribution in [3.05, 3.63) is 65.7 Å². The molecule has 2 aliphatic rings.